The van der Waals surface area contributed by atoms with Crippen molar-refractivity contribution in [1.82, 2.24) is 0 Å². The maximum absolute atomic E-state index is 5.80. The second-order valence-corrected chi connectivity index (χ2v) is 4.94. The van der Waals surface area contributed by atoms with Gasteiger partial charge in [-0.1, -0.05) is 25.1 Å². The van der Waals surface area contributed by atoms with Crippen molar-refractivity contribution in [2.45, 2.75) is 46.6 Å². The first-order chi connectivity index (χ1) is 6.99. The van der Waals surface area contributed by atoms with Crippen molar-refractivity contribution in [2.24, 2.45) is 11.7 Å². The first kappa shape index (κ1) is 12.3. The first-order valence-corrected chi connectivity index (χ1v) is 5.80. The van der Waals surface area contributed by atoms with Gasteiger partial charge in [-0.2, -0.15) is 0 Å². The van der Waals surface area contributed by atoms with E-state index in [1.807, 2.05) is 0 Å². The van der Waals surface area contributed by atoms with Crippen molar-refractivity contribution < 1.29 is 0 Å². The Morgan fingerprint density at radius 2 is 1.80 bits per heavy atom. The second kappa shape index (κ2) is 5.32. The summed E-state index contributed by atoms with van der Waals surface area (Å²) in [5.74, 6) is 0.673. The summed E-state index contributed by atoms with van der Waals surface area (Å²) in [5.41, 5.74) is 10.0. The van der Waals surface area contributed by atoms with E-state index < -0.39 is 0 Å². The lowest BCUT2D eigenvalue weighted by molar-refractivity contribution is 0.480. The van der Waals surface area contributed by atoms with Crippen LogP contribution in [0.5, 0.6) is 0 Å². The molecule has 0 saturated heterocycles. The predicted molar refractivity (Wildman–Crippen MR) is 67.1 cm³/mol. The largest absolute Gasteiger partial charge is 0.328 e. The molecule has 0 aliphatic rings. The highest BCUT2D eigenvalue weighted by atomic mass is 14.6. The molecule has 84 valence electrons. The molecule has 2 atom stereocenters. The Hall–Kier alpha value is -0.820. The molecule has 1 rings (SSSR count). The van der Waals surface area contributed by atoms with Crippen LogP contribution in [0.1, 0.15) is 37.0 Å². The van der Waals surface area contributed by atoms with Crippen molar-refractivity contribution >= 4 is 0 Å². The molecule has 1 aromatic carbocycles. The molecule has 1 nitrogen and oxygen atoms in total. The fraction of sp³-hybridized carbons (Fsp3) is 0.571. The maximum Gasteiger partial charge on any atom is 0.00131 e. The Kier molecular flexibility index (Phi) is 4.34. The highest BCUT2D eigenvalue weighted by Gasteiger charge is 2.06. The molecule has 0 aromatic heterocycles. The Labute approximate surface area is 93.7 Å². The van der Waals surface area contributed by atoms with Crippen LogP contribution in [0.2, 0.25) is 0 Å². The summed E-state index contributed by atoms with van der Waals surface area (Å²) >= 11 is 0. The molecule has 2 unspecified atom stereocenters. The summed E-state index contributed by atoms with van der Waals surface area (Å²) in [6.07, 6.45) is 2.25. The Morgan fingerprint density at radius 1 is 1.13 bits per heavy atom. The summed E-state index contributed by atoms with van der Waals surface area (Å²) in [5, 5.41) is 0. The van der Waals surface area contributed by atoms with Gasteiger partial charge in [0.05, 0.1) is 0 Å². The summed E-state index contributed by atoms with van der Waals surface area (Å²) < 4.78 is 0. The molecule has 0 fully saturated rings. The maximum atomic E-state index is 5.80. The molecule has 1 heteroatoms. The number of rotatable bonds is 4. The van der Waals surface area contributed by atoms with Crippen molar-refractivity contribution in [1.29, 1.82) is 0 Å². The van der Waals surface area contributed by atoms with Gasteiger partial charge in [0.2, 0.25) is 0 Å². The Balaban J connectivity index is 2.60. The van der Waals surface area contributed by atoms with Gasteiger partial charge in [-0.25, -0.2) is 0 Å². The zero-order valence-electron chi connectivity index (χ0n) is 10.4. The quantitative estimate of drug-likeness (QED) is 0.802. The summed E-state index contributed by atoms with van der Waals surface area (Å²) in [4.78, 5) is 0. The third kappa shape index (κ3) is 4.05. The van der Waals surface area contributed by atoms with E-state index in [4.69, 9.17) is 5.73 Å². The second-order valence-electron chi connectivity index (χ2n) is 4.94. The minimum Gasteiger partial charge on any atom is -0.328 e. The summed E-state index contributed by atoms with van der Waals surface area (Å²) in [7, 11) is 0. The van der Waals surface area contributed by atoms with Crippen LogP contribution < -0.4 is 5.73 Å². The molecule has 1 aromatic rings. The van der Waals surface area contributed by atoms with Crippen LogP contribution in [0.4, 0.5) is 0 Å². The van der Waals surface area contributed by atoms with E-state index in [1.54, 1.807) is 0 Å². The molecule has 0 radical (unpaired) electrons. The number of benzene rings is 1. The molecular formula is C14H23N. The molecule has 15 heavy (non-hydrogen) atoms. The van der Waals surface area contributed by atoms with E-state index in [0.29, 0.717) is 12.0 Å². The third-order valence-electron chi connectivity index (χ3n) is 2.93. The van der Waals surface area contributed by atoms with Crippen molar-refractivity contribution in [3.63, 3.8) is 0 Å². The molecule has 0 saturated carbocycles. The van der Waals surface area contributed by atoms with Gasteiger partial charge in [-0.05, 0) is 56.2 Å². The molecule has 2 N–H and O–H groups in total. The average molecular weight is 205 g/mol. The highest BCUT2D eigenvalue weighted by Crippen LogP contribution is 2.16. The number of aryl methyl sites for hydroxylation is 2. The summed E-state index contributed by atoms with van der Waals surface area (Å²) in [6, 6.07) is 7.06. The van der Waals surface area contributed by atoms with Crippen LogP contribution in [0.25, 0.3) is 0 Å². The Morgan fingerprint density at radius 3 is 2.33 bits per heavy atom. The van der Waals surface area contributed by atoms with Gasteiger partial charge in [-0.3, -0.25) is 0 Å². The zero-order valence-corrected chi connectivity index (χ0v) is 10.4. The number of hydrogen-bond donors (Lipinski definition) is 1. The molecule has 0 bridgehead atoms. The smallest absolute Gasteiger partial charge is 0.00131 e. The lowest BCUT2D eigenvalue weighted by atomic mass is 9.94. The van der Waals surface area contributed by atoms with E-state index in [1.165, 1.54) is 16.7 Å². The SMILES string of the molecule is Cc1ccc(CC(C)CC(C)N)cc1C. The lowest BCUT2D eigenvalue weighted by Gasteiger charge is -2.14. The minimum atomic E-state index is 0.312. The van der Waals surface area contributed by atoms with Gasteiger partial charge >= 0.3 is 0 Å². The molecule has 0 aliphatic heterocycles. The van der Waals surface area contributed by atoms with Gasteiger partial charge in [-0.15, -0.1) is 0 Å². The average Bonchev–Trinajstić information content (AvgIpc) is 2.10. The fourth-order valence-corrected chi connectivity index (χ4v) is 2.05. The first-order valence-electron chi connectivity index (χ1n) is 5.80. The molecule has 0 aliphatic carbocycles. The lowest BCUT2D eigenvalue weighted by Crippen LogP contribution is -2.19. The zero-order chi connectivity index (χ0) is 11.4. The topological polar surface area (TPSA) is 26.0 Å². The van der Waals surface area contributed by atoms with E-state index >= 15 is 0 Å². The van der Waals surface area contributed by atoms with Gasteiger partial charge in [0.25, 0.3) is 0 Å². The molecule has 0 spiro atoms. The molecular weight excluding hydrogens is 182 g/mol. The van der Waals surface area contributed by atoms with Crippen LogP contribution in [0.3, 0.4) is 0 Å². The van der Waals surface area contributed by atoms with Crippen LogP contribution in [0, 0.1) is 19.8 Å². The molecule has 0 amide bonds. The van der Waals surface area contributed by atoms with E-state index in [0.717, 1.165) is 12.8 Å². The third-order valence-corrected chi connectivity index (χ3v) is 2.93. The number of nitrogens with two attached hydrogens (primary N) is 1. The Bertz CT molecular complexity index is 315. The van der Waals surface area contributed by atoms with Gasteiger partial charge < -0.3 is 5.73 Å². The van der Waals surface area contributed by atoms with E-state index in [2.05, 4.69) is 45.9 Å². The monoisotopic (exact) mass is 205 g/mol. The van der Waals surface area contributed by atoms with E-state index in [9.17, 15) is 0 Å². The normalized spacial score (nSPS) is 15.0. The van der Waals surface area contributed by atoms with Crippen molar-refractivity contribution in [2.75, 3.05) is 0 Å². The summed E-state index contributed by atoms with van der Waals surface area (Å²) in [6.45, 7) is 8.69. The van der Waals surface area contributed by atoms with Crippen molar-refractivity contribution in [3.8, 4) is 0 Å². The van der Waals surface area contributed by atoms with E-state index in [-0.39, 0.29) is 0 Å². The van der Waals surface area contributed by atoms with Gasteiger partial charge in [0.15, 0.2) is 0 Å². The number of hydrogen-bond acceptors (Lipinski definition) is 1. The predicted octanol–water partition coefficient (Wildman–Crippen LogP) is 3.22. The fourth-order valence-electron chi connectivity index (χ4n) is 2.05. The highest BCUT2D eigenvalue weighted by molar-refractivity contribution is 5.30. The van der Waals surface area contributed by atoms with Crippen LogP contribution in [-0.4, -0.2) is 6.04 Å². The standard InChI is InChI=1S/C14H23N/c1-10(7-13(4)15)8-14-6-5-11(2)12(3)9-14/h5-6,9-10,13H,7-8,15H2,1-4H3. The minimum absolute atomic E-state index is 0.312. The molecule has 0 heterocycles. The van der Waals surface area contributed by atoms with Gasteiger partial charge in [0.1, 0.15) is 0 Å². The van der Waals surface area contributed by atoms with Crippen LogP contribution in [0.15, 0.2) is 18.2 Å². The van der Waals surface area contributed by atoms with Crippen LogP contribution in [-0.2, 0) is 6.42 Å². The van der Waals surface area contributed by atoms with Crippen molar-refractivity contribution in [3.05, 3.63) is 34.9 Å². The van der Waals surface area contributed by atoms with Gasteiger partial charge in [0, 0.05) is 6.04 Å². The van der Waals surface area contributed by atoms with Crippen LogP contribution >= 0.6 is 0 Å².